The first-order chi connectivity index (χ1) is 8.58. The van der Waals surface area contributed by atoms with Crippen LogP contribution in [0, 0.1) is 5.41 Å². The van der Waals surface area contributed by atoms with Crippen LogP contribution >= 0.6 is 11.3 Å². The van der Waals surface area contributed by atoms with Crippen molar-refractivity contribution in [1.82, 2.24) is 10.2 Å². The van der Waals surface area contributed by atoms with Crippen molar-refractivity contribution in [3.8, 4) is 0 Å². The summed E-state index contributed by atoms with van der Waals surface area (Å²) in [6, 6.07) is 9.99. The van der Waals surface area contributed by atoms with Crippen LogP contribution < -0.4 is 5.32 Å². The van der Waals surface area contributed by atoms with E-state index in [9.17, 15) is 4.79 Å². The van der Waals surface area contributed by atoms with Gasteiger partial charge in [0.05, 0.1) is 0 Å². The molecular formula is C13H15N3OS. The number of anilines is 1. The number of carbonyl (C=O) groups is 1. The predicted octanol–water partition coefficient (Wildman–Crippen LogP) is 2.75. The summed E-state index contributed by atoms with van der Waals surface area (Å²) in [5, 5.41) is 10.8. The highest BCUT2D eigenvalue weighted by molar-refractivity contribution is 7.13. The van der Waals surface area contributed by atoms with Gasteiger partial charge in [-0.25, -0.2) is 0 Å². The molecule has 1 amide bonds. The van der Waals surface area contributed by atoms with Crippen LogP contribution in [0.3, 0.4) is 0 Å². The number of hydrogen-bond donors (Lipinski definition) is 1. The fourth-order valence-electron chi connectivity index (χ4n) is 1.68. The number of benzene rings is 1. The highest BCUT2D eigenvalue weighted by Gasteiger charge is 2.28. The first kappa shape index (κ1) is 12.7. The van der Waals surface area contributed by atoms with Crippen molar-refractivity contribution in [2.24, 2.45) is 5.41 Å². The van der Waals surface area contributed by atoms with E-state index >= 15 is 0 Å². The third-order valence-corrected chi connectivity index (χ3v) is 3.29. The van der Waals surface area contributed by atoms with E-state index in [0.717, 1.165) is 5.56 Å². The van der Waals surface area contributed by atoms with E-state index in [-0.39, 0.29) is 5.91 Å². The number of hydrogen-bond acceptors (Lipinski definition) is 4. The summed E-state index contributed by atoms with van der Waals surface area (Å²) in [5.41, 5.74) is 2.27. The van der Waals surface area contributed by atoms with Gasteiger partial charge in [0, 0.05) is 5.41 Å². The molecule has 1 aromatic heterocycles. The van der Waals surface area contributed by atoms with Crippen molar-refractivity contribution < 1.29 is 4.79 Å². The van der Waals surface area contributed by atoms with Gasteiger partial charge in [-0.15, -0.1) is 10.2 Å². The van der Waals surface area contributed by atoms with Gasteiger partial charge in [-0.1, -0.05) is 55.5 Å². The molecule has 1 N–H and O–H groups in total. The van der Waals surface area contributed by atoms with E-state index in [1.165, 1.54) is 11.3 Å². The van der Waals surface area contributed by atoms with Crippen molar-refractivity contribution in [3.05, 3.63) is 41.4 Å². The molecule has 18 heavy (non-hydrogen) atoms. The zero-order chi connectivity index (χ0) is 13.0. The van der Waals surface area contributed by atoms with Gasteiger partial charge < -0.3 is 5.32 Å². The van der Waals surface area contributed by atoms with E-state index in [2.05, 4.69) is 15.5 Å². The van der Waals surface area contributed by atoms with Crippen LogP contribution in [0.15, 0.2) is 35.8 Å². The Balaban J connectivity index is 2.04. The number of rotatable bonds is 4. The second-order valence-corrected chi connectivity index (χ2v) is 5.58. The second kappa shape index (κ2) is 5.27. The fraction of sp³-hybridized carbons (Fsp3) is 0.308. The molecule has 0 radical (unpaired) electrons. The third-order valence-electron chi connectivity index (χ3n) is 2.68. The molecule has 0 aliphatic heterocycles. The van der Waals surface area contributed by atoms with Gasteiger partial charge in [0.1, 0.15) is 5.51 Å². The predicted molar refractivity (Wildman–Crippen MR) is 72.5 cm³/mol. The van der Waals surface area contributed by atoms with Crippen LogP contribution in [-0.4, -0.2) is 16.1 Å². The Labute approximate surface area is 110 Å². The number of nitrogens with zero attached hydrogens (tertiary/aromatic N) is 2. The monoisotopic (exact) mass is 261 g/mol. The maximum absolute atomic E-state index is 12.2. The van der Waals surface area contributed by atoms with Crippen molar-refractivity contribution in [2.45, 2.75) is 20.3 Å². The zero-order valence-electron chi connectivity index (χ0n) is 10.4. The number of nitrogens with one attached hydrogen (secondary N) is 1. The largest absolute Gasteiger partial charge is 0.300 e. The topological polar surface area (TPSA) is 54.9 Å². The number of amides is 1. The standard InChI is InChI=1S/C13H15N3OS/c1-13(2,8-10-6-4-3-5-7-10)11(17)15-12-16-14-9-18-12/h3-7,9H,8H2,1-2H3,(H,15,16,17). The van der Waals surface area contributed by atoms with Crippen molar-refractivity contribution in [2.75, 3.05) is 5.32 Å². The highest BCUT2D eigenvalue weighted by atomic mass is 32.1. The lowest BCUT2D eigenvalue weighted by molar-refractivity contribution is -0.123. The molecule has 0 atom stereocenters. The van der Waals surface area contributed by atoms with Gasteiger partial charge >= 0.3 is 0 Å². The van der Waals surface area contributed by atoms with Crippen molar-refractivity contribution >= 4 is 22.4 Å². The Morgan fingerprint density at radius 1 is 1.33 bits per heavy atom. The van der Waals surface area contributed by atoms with Crippen molar-refractivity contribution in [1.29, 1.82) is 0 Å². The Kier molecular flexibility index (Phi) is 3.72. The van der Waals surface area contributed by atoms with Gasteiger partial charge in [0.15, 0.2) is 0 Å². The molecule has 0 unspecified atom stereocenters. The summed E-state index contributed by atoms with van der Waals surface area (Å²) in [7, 11) is 0. The average molecular weight is 261 g/mol. The molecule has 0 saturated carbocycles. The summed E-state index contributed by atoms with van der Waals surface area (Å²) in [6.07, 6.45) is 0.693. The van der Waals surface area contributed by atoms with Crippen LogP contribution in [0.5, 0.6) is 0 Å². The SMILES string of the molecule is CC(C)(Cc1ccccc1)C(=O)Nc1nncs1. The molecule has 0 saturated heterocycles. The summed E-state index contributed by atoms with van der Waals surface area (Å²) in [6.45, 7) is 3.85. The minimum Gasteiger partial charge on any atom is -0.300 e. The van der Waals surface area contributed by atoms with E-state index < -0.39 is 5.41 Å². The molecule has 0 aliphatic rings. The Bertz CT molecular complexity index is 508. The highest BCUT2D eigenvalue weighted by Crippen LogP contribution is 2.24. The third kappa shape index (κ3) is 3.13. The minimum atomic E-state index is -0.479. The molecule has 2 rings (SSSR count). The van der Waals surface area contributed by atoms with E-state index in [0.29, 0.717) is 11.6 Å². The molecule has 1 heterocycles. The Morgan fingerprint density at radius 3 is 2.67 bits per heavy atom. The molecule has 0 bridgehead atoms. The first-order valence-corrected chi connectivity index (χ1v) is 6.57. The van der Waals surface area contributed by atoms with Gasteiger partial charge in [-0.05, 0) is 12.0 Å². The zero-order valence-corrected chi connectivity index (χ0v) is 11.2. The van der Waals surface area contributed by atoms with Crippen LogP contribution in [0.25, 0.3) is 0 Å². The lowest BCUT2D eigenvalue weighted by atomic mass is 9.85. The fourth-order valence-corrected chi connectivity index (χ4v) is 2.12. The summed E-state index contributed by atoms with van der Waals surface area (Å²) < 4.78 is 0. The summed E-state index contributed by atoms with van der Waals surface area (Å²) in [5.74, 6) is -0.0388. The van der Waals surface area contributed by atoms with Gasteiger partial charge in [-0.3, -0.25) is 4.79 Å². The minimum absolute atomic E-state index is 0.0388. The quantitative estimate of drug-likeness (QED) is 0.920. The van der Waals surface area contributed by atoms with Crippen LogP contribution in [-0.2, 0) is 11.2 Å². The van der Waals surface area contributed by atoms with Crippen LogP contribution in [0.2, 0.25) is 0 Å². The molecule has 0 spiro atoms. The maximum atomic E-state index is 12.2. The maximum Gasteiger partial charge on any atom is 0.232 e. The van der Waals surface area contributed by atoms with Gasteiger partial charge in [0.2, 0.25) is 11.0 Å². The Morgan fingerprint density at radius 2 is 2.06 bits per heavy atom. The smallest absolute Gasteiger partial charge is 0.232 e. The first-order valence-electron chi connectivity index (χ1n) is 5.69. The summed E-state index contributed by atoms with van der Waals surface area (Å²) in [4.78, 5) is 12.2. The molecule has 5 heteroatoms. The van der Waals surface area contributed by atoms with E-state index in [1.807, 2.05) is 44.2 Å². The molecule has 0 fully saturated rings. The second-order valence-electron chi connectivity index (χ2n) is 4.74. The van der Waals surface area contributed by atoms with E-state index in [1.54, 1.807) is 5.51 Å². The van der Waals surface area contributed by atoms with Crippen LogP contribution in [0.4, 0.5) is 5.13 Å². The molecule has 94 valence electrons. The number of carbonyl (C=O) groups excluding carboxylic acids is 1. The van der Waals surface area contributed by atoms with Crippen LogP contribution in [0.1, 0.15) is 19.4 Å². The summed E-state index contributed by atoms with van der Waals surface area (Å²) >= 11 is 1.32. The molecule has 0 aliphatic carbocycles. The normalized spacial score (nSPS) is 11.2. The lowest BCUT2D eigenvalue weighted by Gasteiger charge is -2.22. The van der Waals surface area contributed by atoms with Gasteiger partial charge in [-0.2, -0.15) is 0 Å². The van der Waals surface area contributed by atoms with E-state index in [4.69, 9.17) is 0 Å². The molecule has 2 aromatic rings. The Hall–Kier alpha value is -1.75. The van der Waals surface area contributed by atoms with Crippen molar-refractivity contribution in [3.63, 3.8) is 0 Å². The van der Waals surface area contributed by atoms with Gasteiger partial charge in [0.25, 0.3) is 0 Å². The molecule has 1 aromatic carbocycles. The molecule has 4 nitrogen and oxygen atoms in total. The lowest BCUT2D eigenvalue weighted by Crippen LogP contribution is -2.32. The molecular weight excluding hydrogens is 246 g/mol. The number of aromatic nitrogens is 2. The average Bonchev–Trinajstić information content (AvgIpc) is 2.82.